The van der Waals surface area contributed by atoms with Crippen LogP contribution < -0.4 is 0 Å². The molecule has 0 saturated carbocycles. The van der Waals surface area contributed by atoms with Crippen LogP contribution in [-0.4, -0.2) is 30.6 Å². The van der Waals surface area contributed by atoms with Crippen molar-refractivity contribution >= 4 is 0 Å². The van der Waals surface area contributed by atoms with E-state index in [2.05, 4.69) is 25.9 Å². The topological polar surface area (TPSA) is 23.5 Å². The molecule has 0 aliphatic heterocycles. The molecule has 1 rings (SSSR count). The third-order valence-electron chi connectivity index (χ3n) is 4.53. The number of rotatable bonds is 13. The summed E-state index contributed by atoms with van der Waals surface area (Å²) in [6.07, 6.45) is 14.8. The fourth-order valence-corrected chi connectivity index (χ4v) is 2.83. The summed E-state index contributed by atoms with van der Waals surface area (Å²) in [6, 6.07) is 9.70. The molecule has 1 unspecified atom stereocenters. The Morgan fingerprint density at radius 3 is 1.68 bits per heavy atom. The molecule has 1 aromatic rings. The fourth-order valence-electron chi connectivity index (χ4n) is 2.83. The van der Waals surface area contributed by atoms with Crippen LogP contribution in [0, 0.1) is 0 Å². The molecule has 2 heteroatoms. The van der Waals surface area contributed by atoms with Crippen molar-refractivity contribution in [3.8, 4) is 0 Å². The summed E-state index contributed by atoms with van der Waals surface area (Å²) < 4.78 is 0. The molecule has 0 amide bonds. The molecule has 0 spiro atoms. The van der Waals surface area contributed by atoms with E-state index in [0.717, 1.165) is 12.0 Å². The van der Waals surface area contributed by atoms with Crippen LogP contribution in [0.5, 0.6) is 0 Å². The van der Waals surface area contributed by atoms with Gasteiger partial charge in [0, 0.05) is 0 Å². The Morgan fingerprint density at radius 2 is 1.24 bits per heavy atom. The first kappa shape index (κ1) is 24.1. The number of hydrogen-bond donors (Lipinski definition) is 1. The Hall–Kier alpha value is -0.860. The molecular weight excluding hydrogens is 306 g/mol. The van der Waals surface area contributed by atoms with Crippen molar-refractivity contribution in [1.29, 1.82) is 0 Å². The molecule has 1 aromatic carbocycles. The summed E-state index contributed by atoms with van der Waals surface area (Å²) in [5, 5.41) is 9.33. The lowest BCUT2D eigenvalue weighted by molar-refractivity contribution is 0.173. The van der Waals surface area contributed by atoms with Gasteiger partial charge in [0.1, 0.15) is 0 Å². The van der Waals surface area contributed by atoms with Crippen LogP contribution in [-0.2, 0) is 0 Å². The van der Waals surface area contributed by atoms with E-state index in [-0.39, 0.29) is 6.10 Å². The summed E-state index contributed by atoms with van der Waals surface area (Å²) in [5.74, 6) is 0. The molecule has 25 heavy (non-hydrogen) atoms. The lowest BCUT2D eigenvalue weighted by Gasteiger charge is -2.08. The van der Waals surface area contributed by atoms with Gasteiger partial charge in [-0.1, -0.05) is 102 Å². The monoisotopic (exact) mass is 349 g/mol. The first-order chi connectivity index (χ1) is 12.1. The minimum Gasteiger partial charge on any atom is -0.388 e. The maximum absolute atomic E-state index is 9.33. The van der Waals surface area contributed by atoms with Crippen molar-refractivity contribution in [3.05, 3.63) is 35.9 Å². The molecule has 2 nitrogen and oxygen atoms in total. The summed E-state index contributed by atoms with van der Waals surface area (Å²) in [4.78, 5) is 2.28. The summed E-state index contributed by atoms with van der Waals surface area (Å²) in [6.45, 7) is 5.51. The Balaban J connectivity index is 0.000000496. The fraction of sp³-hybridized carbons (Fsp3) is 0.739. The maximum atomic E-state index is 9.33. The predicted octanol–water partition coefficient (Wildman–Crippen LogP) is 6.60. The summed E-state index contributed by atoms with van der Waals surface area (Å²) in [5.41, 5.74) is 1.00. The number of aliphatic hydroxyl groups excluding tert-OH is 1. The van der Waals surface area contributed by atoms with E-state index in [1.807, 2.05) is 37.3 Å². The standard InChI is InChI=1S/C14H31N.C9H12O/c1-4-5-6-7-8-9-10-11-12-13-14-15(2)3;1-2-9(10)8-6-4-3-5-7-8/h4-14H2,1-3H3;3-7,9-10H,2H2,1H3. The first-order valence-corrected chi connectivity index (χ1v) is 10.5. The van der Waals surface area contributed by atoms with E-state index in [4.69, 9.17) is 0 Å². The van der Waals surface area contributed by atoms with Gasteiger partial charge in [-0.3, -0.25) is 0 Å². The Morgan fingerprint density at radius 1 is 0.760 bits per heavy atom. The molecule has 0 saturated heterocycles. The molecule has 0 aromatic heterocycles. The van der Waals surface area contributed by atoms with Gasteiger partial charge in [0.2, 0.25) is 0 Å². The minimum atomic E-state index is -0.291. The van der Waals surface area contributed by atoms with Gasteiger partial charge in [0.15, 0.2) is 0 Å². The normalized spacial score (nSPS) is 11.9. The van der Waals surface area contributed by atoms with E-state index in [0.29, 0.717) is 0 Å². The quantitative estimate of drug-likeness (QED) is 0.406. The van der Waals surface area contributed by atoms with Gasteiger partial charge < -0.3 is 10.0 Å². The molecule has 0 aliphatic rings. The molecule has 0 radical (unpaired) electrons. The molecule has 0 fully saturated rings. The zero-order valence-corrected chi connectivity index (χ0v) is 17.3. The lowest BCUT2D eigenvalue weighted by Crippen LogP contribution is -2.12. The van der Waals surface area contributed by atoms with E-state index in [9.17, 15) is 5.11 Å². The van der Waals surface area contributed by atoms with Crippen LogP contribution in [0.4, 0.5) is 0 Å². The molecule has 1 N–H and O–H groups in total. The van der Waals surface area contributed by atoms with Crippen molar-refractivity contribution in [2.45, 2.75) is 90.6 Å². The van der Waals surface area contributed by atoms with Crippen molar-refractivity contribution in [2.24, 2.45) is 0 Å². The average molecular weight is 350 g/mol. The van der Waals surface area contributed by atoms with Crippen LogP contribution in [0.3, 0.4) is 0 Å². The largest absolute Gasteiger partial charge is 0.388 e. The van der Waals surface area contributed by atoms with E-state index in [1.54, 1.807) is 0 Å². The molecule has 146 valence electrons. The van der Waals surface area contributed by atoms with Gasteiger partial charge in [-0.25, -0.2) is 0 Å². The van der Waals surface area contributed by atoms with Gasteiger partial charge in [0.05, 0.1) is 6.10 Å². The smallest absolute Gasteiger partial charge is 0.0787 e. The predicted molar refractivity (Wildman–Crippen MR) is 112 cm³/mol. The number of hydrogen-bond acceptors (Lipinski definition) is 2. The highest BCUT2D eigenvalue weighted by Gasteiger charge is 2.00. The third kappa shape index (κ3) is 16.4. The van der Waals surface area contributed by atoms with E-state index >= 15 is 0 Å². The molecule has 1 atom stereocenters. The van der Waals surface area contributed by atoms with Crippen molar-refractivity contribution in [1.82, 2.24) is 4.90 Å². The van der Waals surface area contributed by atoms with E-state index < -0.39 is 0 Å². The molecule has 0 bridgehead atoms. The van der Waals surface area contributed by atoms with Crippen molar-refractivity contribution in [3.63, 3.8) is 0 Å². The zero-order valence-electron chi connectivity index (χ0n) is 17.3. The molecule has 0 aliphatic carbocycles. The second-order valence-corrected chi connectivity index (χ2v) is 7.32. The minimum absolute atomic E-state index is 0.291. The van der Waals surface area contributed by atoms with Crippen LogP contribution in [0.2, 0.25) is 0 Å². The number of benzene rings is 1. The SMILES string of the molecule is CCC(O)c1ccccc1.CCCCCCCCCCCCN(C)C. The maximum Gasteiger partial charge on any atom is 0.0787 e. The average Bonchev–Trinajstić information content (AvgIpc) is 2.63. The van der Waals surface area contributed by atoms with Crippen LogP contribution in [0.1, 0.15) is 96.1 Å². The van der Waals surface area contributed by atoms with Crippen LogP contribution in [0.15, 0.2) is 30.3 Å². The number of unbranched alkanes of at least 4 members (excludes halogenated alkanes) is 9. The van der Waals surface area contributed by atoms with Gasteiger partial charge in [-0.15, -0.1) is 0 Å². The van der Waals surface area contributed by atoms with Crippen LogP contribution >= 0.6 is 0 Å². The molecule has 0 heterocycles. The van der Waals surface area contributed by atoms with Gasteiger partial charge in [-0.05, 0) is 39.0 Å². The zero-order chi connectivity index (χ0) is 18.8. The highest BCUT2D eigenvalue weighted by Crippen LogP contribution is 2.14. The van der Waals surface area contributed by atoms with Gasteiger partial charge in [0.25, 0.3) is 0 Å². The Labute approximate surface area is 157 Å². The Kier molecular flexibility index (Phi) is 17.3. The van der Waals surface area contributed by atoms with Gasteiger partial charge in [-0.2, -0.15) is 0 Å². The van der Waals surface area contributed by atoms with Crippen LogP contribution in [0.25, 0.3) is 0 Å². The van der Waals surface area contributed by atoms with Crippen molar-refractivity contribution in [2.75, 3.05) is 20.6 Å². The highest BCUT2D eigenvalue weighted by atomic mass is 16.3. The number of aliphatic hydroxyl groups is 1. The summed E-state index contributed by atoms with van der Waals surface area (Å²) in [7, 11) is 4.32. The highest BCUT2D eigenvalue weighted by molar-refractivity contribution is 5.16. The number of nitrogens with zero attached hydrogens (tertiary/aromatic N) is 1. The molecular formula is C23H43NO. The van der Waals surface area contributed by atoms with Crippen molar-refractivity contribution < 1.29 is 5.11 Å². The second kappa shape index (κ2) is 17.9. The Bertz CT molecular complexity index is 364. The lowest BCUT2D eigenvalue weighted by atomic mass is 10.1. The van der Waals surface area contributed by atoms with E-state index in [1.165, 1.54) is 70.8 Å². The van der Waals surface area contributed by atoms with Gasteiger partial charge >= 0.3 is 0 Å². The third-order valence-corrected chi connectivity index (χ3v) is 4.53. The second-order valence-electron chi connectivity index (χ2n) is 7.32. The first-order valence-electron chi connectivity index (χ1n) is 10.5. The summed E-state index contributed by atoms with van der Waals surface area (Å²) >= 11 is 0.